The van der Waals surface area contributed by atoms with Gasteiger partial charge in [-0.05, 0) is 13.3 Å². The van der Waals surface area contributed by atoms with Crippen LogP contribution in [0, 0.1) is 0 Å². The summed E-state index contributed by atoms with van der Waals surface area (Å²) in [4.78, 5) is 23.6. The Morgan fingerprint density at radius 3 is 2.00 bits per heavy atom. The molecule has 0 aliphatic rings. The Hall–Kier alpha value is -1.44. The molecule has 0 heterocycles. The van der Waals surface area contributed by atoms with Crippen molar-refractivity contribution < 1.29 is 9.59 Å². The van der Waals surface area contributed by atoms with Crippen molar-refractivity contribution in [1.82, 2.24) is 0 Å². The van der Waals surface area contributed by atoms with Crippen LogP contribution >= 0.6 is 0 Å². The van der Waals surface area contributed by atoms with Gasteiger partial charge in [-0.15, -0.1) is 0 Å². The van der Waals surface area contributed by atoms with E-state index in [4.69, 9.17) is 0 Å². The van der Waals surface area contributed by atoms with E-state index in [0.29, 0.717) is 17.5 Å². The zero-order valence-electron chi connectivity index (χ0n) is 12.8. The smallest absolute Gasteiger partial charge is 0.163 e. The van der Waals surface area contributed by atoms with Crippen LogP contribution in [0.3, 0.4) is 0 Å². The van der Waals surface area contributed by atoms with Crippen LogP contribution in [0.2, 0.25) is 0 Å². The SMILES string of the molecule is CCCCCCCCCC(=O)c1ccccc1C(C)=O. The van der Waals surface area contributed by atoms with E-state index in [-0.39, 0.29) is 11.6 Å². The van der Waals surface area contributed by atoms with Crippen LogP contribution < -0.4 is 0 Å². The molecule has 20 heavy (non-hydrogen) atoms. The first-order valence-corrected chi connectivity index (χ1v) is 7.80. The Balaban J connectivity index is 2.35. The molecule has 0 radical (unpaired) electrons. The van der Waals surface area contributed by atoms with E-state index < -0.39 is 0 Å². The van der Waals surface area contributed by atoms with Crippen molar-refractivity contribution >= 4 is 11.6 Å². The normalized spacial score (nSPS) is 10.5. The molecule has 0 N–H and O–H groups in total. The lowest BCUT2D eigenvalue weighted by molar-refractivity contribution is 0.0959. The summed E-state index contributed by atoms with van der Waals surface area (Å²) in [6.45, 7) is 3.73. The zero-order chi connectivity index (χ0) is 14.8. The Labute approximate surface area is 122 Å². The van der Waals surface area contributed by atoms with E-state index in [1.165, 1.54) is 39.0 Å². The van der Waals surface area contributed by atoms with Crippen molar-refractivity contribution in [3.05, 3.63) is 35.4 Å². The minimum atomic E-state index is -0.0338. The topological polar surface area (TPSA) is 34.1 Å². The molecule has 0 saturated heterocycles. The minimum Gasteiger partial charge on any atom is -0.294 e. The van der Waals surface area contributed by atoms with E-state index in [1.54, 1.807) is 18.2 Å². The second-order valence-electron chi connectivity index (χ2n) is 5.40. The fourth-order valence-corrected chi connectivity index (χ4v) is 2.41. The second-order valence-corrected chi connectivity index (χ2v) is 5.40. The number of rotatable bonds is 10. The van der Waals surface area contributed by atoms with Gasteiger partial charge in [-0.3, -0.25) is 9.59 Å². The summed E-state index contributed by atoms with van der Waals surface area (Å²) < 4.78 is 0. The van der Waals surface area contributed by atoms with Gasteiger partial charge in [0.2, 0.25) is 0 Å². The quantitative estimate of drug-likeness (QED) is 0.433. The van der Waals surface area contributed by atoms with E-state index in [2.05, 4.69) is 6.92 Å². The Kier molecular flexibility index (Phi) is 7.86. The highest BCUT2D eigenvalue weighted by Gasteiger charge is 2.12. The van der Waals surface area contributed by atoms with Gasteiger partial charge in [-0.25, -0.2) is 0 Å². The number of unbranched alkanes of at least 4 members (excludes halogenated alkanes) is 6. The zero-order valence-corrected chi connectivity index (χ0v) is 12.8. The first kappa shape index (κ1) is 16.6. The second kappa shape index (κ2) is 9.46. The third-order valence-electron chi connectivity index (χ3n) is 3.61. The monoisotopic (exact) mass is 274 g/mol. The van der Waals surface area contributed by atoms with Crippen LogP contribution in [-0.4, -0.2) is 11.6 Å². The standard InChI is InChI=1S/C18H26O2/c1-3-4-5-6-7-8-9-14-18(20)17-13-11-10-12-16(17)15(2)19/h10-13H,3-9,14H2,1-2H3. The first-order chi connectivity index (χ1) is 9.66. The molecule has 1 rings (SSSR count). The summed E-state index contributed by atoms with van der Waals surface area (Å²) >= 11 is 0. The molecule has 0 spiro atoms. The van der Waals surface area contributed by atoms with Crippen LogP contribution in [0.15, 0.2) is 24.3 Å². The van der Waals surface area contributed by atoms with Gasteiger partial charge < -0.3 is 0 Å². The molecule has 0 aliphatic heterocycles. The summed E-state index contributed by atoms with van der Waals surface area (Å²) in [5, 5.41) is 0. The van der Waals surface area contributed by atoms with Gasteiger partial charge in [-0.1, -0.05) is 69.7 Å². The van der Waals surface area contributed by atoms with Crippen molar-refractivity contribution in [3.8, 4) is 0 Å². The number of hydrogen-bond acceptors (Lipinski definition) is 2. The molecular formula is C18H26O2. The van der Waals surface area contributed by atoms with Gasteiger partial charge >= 0.3 is 0 Å². The number of Topliss-reactive ketones (excluding diaryl/α,β-unsaturated/α-hetero) is 2. The number of carbonyl (C=O) groups excluding carboxylic acids is 2. The Morgan fingerprint density at radius 2 is 1.40 bits per heavy atom. The van der Waals surface area contributed by atoms with Crippen LogP contribution in [0.1, 0.15) is 85.9 Å². The van der Waals surface area contributed by atoms with Crippen LogP contribution in [0.25, 0.3) is 0 Å². The van der Waals surface area contributed by atoms with Crippen molar-refractivity contribution in [2.45, 2.75) is 65.2 Å². The molecule has 0 aromatic heterocycles. The van der Waals surface area contributed by atoms with Crippen molar-refractivity contribution in [1.29, 1.82) is 0 Å². The lowest BCUT2D eigenvalue weighted by atomic mass is 9.97. The maximum Gasteiger partial charge on any atom is 0.163 e. The van der Waals surface area contributed by atoms with Gasteiger partial charge in [0.1, 0.15) is 0 Å². The molecule has 0 fully saturated rings. The van der Waals surface area contributed by atoms with E-state index in [0.717, 1.165) is 12.8 Å². The summed E-state index contributed by atoms with van der Waals surface area (Å²) in [6, 6.07) is 7.13. The summed E-state index contributed by atoms with van der Waals surface area (Å²) in [5.41, 5.74) is 1.14. The molecule has 0 amide bonds. The van der Waals surface area contributed by atoms with Crippen molar-refractivity contribution in [3.63, 3.8) is 0 Å². The summed E-state index contributed by atoms with van der Waals surface area (Å²) in [6.07, 6.45) is 8.95. The molecule has 0 atom stereocenters. The first-order valence-electron chi connectivity index (χ1n) is 7.80. The molecule has 110 valence electrons. The summed E-state index contributed by atoms with van der Waals surface area (Å²) in [7, 11) is 0. The molecule has 1 aromatic carbocycles. The van der Waals surface area contributed by atoms with Crippen LogP contribution in [0.5, 0.6) is 0 Å². The van der Waals surface area contributed by atoms with E-state index in [1.807, 2.05) is 6.07 Å². The number of hydrogen-bond donors (Lipinski definition) is 0. The minimum absolute atomic E-state index is 0.0338. The third kappa shape index (κ3) is 5.68. The average molecular weight is 274 g/mol. The largest absolute Gasteiger partial charge is 0.294 e. The number of benzene rings is 1. The van der Waals surface area contributed by atoms with Crippen molar-refractivity contribution in [2.24, 2.45) is 0 Å². The molecular weight excluding hydrogens is 248 g/mol. The van der Waals surface area contributed by atoms with Crippen molar-refractivity contribution in [2.75, 3.05) is 0 Å². The maximum atomic E-state index is 12.2. The average Bonchev–Trinajstić information content (AvgIpc) is 2.46. The van der Waals surface area contributed by atoms with Gasteiger partial charge in [0.05, 0.1) is 0 Å². The summed E-state index contributed by atoms with van der Waals surface area (Å²) in [5.74, 6) is 0.0675. The van der Waals surface area contributed by atoms with Crippen LogP contribution in [0.4, 0.5) is 0 Å². The molecule has 2 nitrogen and oxygen atoms in total. The predicted octanol–water partition coefficient (Wildman–Crippen LogP) is 5.21. The molecule has 0 bridgehead atoms. The highest BCUT2D eigenvalue weighted by atomic mass is 16.1. The molecule has 1 aromatic rings. The Bertz CT molecular complexity index is 435. The number of carbonyl (C=O) groups is 2. The van der Waals surface area contributed by atoms with Gasteiger partial charge in [0.15, 0.2) is 11.6 Å². The van der Waals surface area contributed by atoms with Gasteiger partial charge in [-0.2, -0.15) is 0 Å². The molecule has 0 aliphatic carbocycles. The highest BCUT2D eigenvalue weighted by molar-refractivity contribution is 6.07. The van der Waals surface area contributed by atoms with Crippen LogP contribution in [-0.2, 0) is 0 Å². The maximum absolute atomic E-state index is 12.2. The molecule has 2 heteroatoms. The van der Waals surface area contributed by atoms with Gasteiger partial charge in [0, 0.05) is 17.5 Å². The predicted molar refractivity (Wildman–Crippen MR) is 83.4 cm³/mol. The third-order valence-corrected chi connectivity index (χ3v) is 3.61. The lowest BCUT2D eigenvalue weighted by Crippen LogP contribution is -2.06. The van der Waals surface area contributed by atoms with E-state index in [9.17, 15) is 9.59 Å². The van der Waals surface area contributed by atoms with Gasteiger partial charge in [0.25, 0.3) is 0 Å². The Morgan fingerprint density at radius 1 is 0.850 bits per heavy atom. The molecule has 0 saturated carbocycles. The fourth-order valence-electron chi connectivity index (χ4n) is 2.41. The molecule has 0 unspecified atom stereocenters. The highest BCUT2D eigenvalue weighted by Crippen LogP contribution is 2.15. The van der Waals surface area contributed by atoms with E-state index >= 15 is 0 Å². The number of ketones is 2. The fraction of sp³-hybridized carbons (Fsp3) is 0.556. The lowest BCUT2D eigenvalue weighted by Gasteiger charge is -2.06.